The molecule has 0 radical (unpaired) electrons. The maximum atomic E-state index is 12.0. The highest BCUT2D eigenvalue weighted by molar-refractivity contribution is 8.00. The molecule has 116 valence electrons. The van der Waals surface area contributed by atoms with Crippen LogP contribution < -0.4 is 9.47 Å². The lowest BCUT2D eigenvalue weighted by molar-refractivity contribution is -0.128. The van der Waals surface area contributed by atoms with E-state index in [0.717, 1.165) is 5.75 Å². The summed E-state index contributed by atoms with van der Waals surface area (Å²) in [6.07, 6.45) is 1.54. The van der Waals surface area contributed by atoms with E-state index in [-0.39, 0.29) is 17.0 Å². The Morgan fingerprint density at radius 2 is 2.14 bits per heavy atom. The summed E-state index contributed by atoms with van der Waals surface area (Å²) >= 11 is 1.68. The number of carbonyl (C=O) groups is 1. The first-order valence-corrected chi connectivity index (χ1v) is 9.36. The molecule has 1 aromatic rings. The molecule has 1 aliphatic heterocycles. The first-order valence-electron chi connectivity index (χ1n) is 6.58. The molecule has 0 spiro atoms. The van der Waals surface area contributed by atoms with Crippen molar-refractivity contribution in [3.8, 4) is 11.5 Å². The van der Waals surface area contributed by atoms with Crippen LogP contribution in [0.15, 0.2) is 24.3 Å². The Hall–Kier alpha value is -1.21. The number of carbonyl (C=O) groups excluding carboxylic acids is 1. The Labute approximate surface area is 131 Å². The zero-order valence-electron chi connectivity index (χ0n) is 12.1. The highest BCUT2D eigenvalue weighted by Crippen LogP contribution is 2.29. The lowest BCUT2D eigenvalue weighted by Crippen LogP contribution is -2.40. The second-order valence-corrected chi connectivity index (χ2v) is 7.31. The van der Waals surface area contributed by atoms with Crippen molar-refractivity contribution in [2.75, 3.05) is 38.0 Å². The van der Waals surface area contributed by atoms with Gasteiger partial charge in [0, 0.05) is 29.4 Å². The fourth-order valence-electron chi connectivity index (χ4n) is 2.10. The van der Waals surface area contributed by atoms with Crippen LogP contribution in [0.1, 0.15) is 0 Å². The summed E-state index contributed by atoms with van der Waals surface area (Å²) < 4.78 is 22.2. The number of thioether (sulfide) groups is 1. The fraction of sp³-hybridized carbons (Fsp3) is 0.500. The highest BCUT2D eigenvalue weighted by Gasteiger charge is 2.30. The summed E-state index contributed by atoms with van der Waals surface area (Å²) in [4.78, 5) is 13.8. The van der Waals surface area contributed by atoms with Crippen molar-refractivity contribution < 1.29 is 18.5 Å². The summed E-state index contributed by atoms with van der Waals surface area (Å²) in [5, 5.41) is -0.0361. The lowest BCUT2D eigenvalue weighted by Gasteiger charge is -2.23. The number of benzene rings is 1. The third kappa shape index (κ3) is 4.38. The molecule has 1 heterocycles. The molecular formula is C14H19NO4S2. The van der Waals surface area contributed by atoms with Gasteiger partial charge in [0.1, 0.15) is 17.7 Å². The molecule has 1 aliphatic rings. The Morgan fingerprint density at radius 1 is 1.43 bits per heavy atom. The van der Waals surface area contributed by atoms with Crippen LogP contribution in [0.2, 0.25) is 0 Å². The number of hydrogen-bond acceptors (Lipinski definition) is 5. The number of nitrogens with zero attached hydrogens (tertiary/aromatic N) is 1. The van der Waals surface area contributed by atoms with Gasteiger partial charge >= 0.3 is 0 Å². The average molecular weight is 329 g/mol. The van der Waals surface area contributed by atoms with Crippen molar-refractivity contribution in [1.29, 1.82) is 0 Å². The molecule has 0 bridgehead atoms. The molecular weight excluding hydrogens is 310 g/mol. The maximum Gasteiger partial charge on any atom is 0.236 e. The normalized spacial score (nSPS) is 19.3. The molecule has 7 heteroatoms. The highest BCUT2D eigenvalue weighted by atomic mass is 32.2. The molecule has 0 aromatic heterocycles. The van der Waals surface area contributed by atoms with Gasteiger partial charge in [0.2, 0.25) is 5.91 Å². The van der Waals surface area contributed by atoms with Gasteiger partial charge in [0.15, 0.2) is 11.5 Å². The molecule has 1 saturated heterocycles. The second kappa shape index (κ2) is 7.70. The summed E-state index contributed by atoms with van der Waals surface area (Å²) in [5.41, 5.74) is 0. The van der Waals surface area contributed by atoms with E-state index >= 15 is 0 Å². The van der Waals surface area contributed by atoms with Crippen LogP contribution >= 0.6 is 11.8 Å². The number of rotatable bonds is 6. The van der Waals surface area contributed by atoms with Crippen LogP contribution in [-0.2, 0) is 15.6 Å². The van der Waals surface area contributed by atoms with Gasteiger partial charge in [0.05, 0.1) is 7.11 Å². The van der Waals surface area contributed by atoms with Crippen molar-refractivity contribution in [2.45, 2.75) is 5.37 Å². The summed E-state index contributed by atoms with van der Waals surface area (Å²) in [6, 6.07) is 7.43. The Morgan fingerprint density at radius 3 is 2.81 bits per heavy atom. The third-order valence-electron chi connectivity index (χ3n) is 3.09. The SMILES string of the molecule is COc1ccccc1OC[C@@H]1SCCN1C(=O)CS(C)=O. The summed E-state index contributed by atoms with van der Waals surface area (Å²) in [5.74, 6) is 2.22. The van der Waals surface area contributed by atoms with E-state index in [1.54, 1.807) is 30.0 Å². The van der Waals surface area contributed by atoms with E-state index < -0.39 is 10.8 Å². The van der Waals surface area contributed by atoms with E-state index in [9.17, 15) is 9.00 Å². The number of para-hydroxylation sites is 2. The number of hydrogen-bond donors (Lipinski definition) is 0. The molecule has 21 heavy (non-hydrogen) atoms. The number of ether oxygens (including phenoxy) is 2. The van der Waals surface area contributed by atoms with Gasteiger partial charge in [-0.15, -0.1) is 11.8 Å². The first kappa shape index (κ1) is 16.2. The molecule has 0 N–H and O–H groups in total. The molecule has 1 fully saturated rings. The minimum Gasteiger partial charge on any atom is -0.493 e. The van der Waals surface area contributed by atoms with Crippen molar-refractivity contribution in [3.63, 3.8) is 0 Å². The standard InChI is InChI=1S/C14H19NO4S2/c1-18-11-5-3-4-6-12(11)19-9-14-15(7-8-20-14)13(16)10-21(2)17/h3-6,14H,7-10H2,1-2H3/t14-,21?/m0/s1. The van der Waals surface area contributed by atoms with Crippen LogP contribution in [0.3, 0.4) is 0 Å². The van der Waals surface area contributed by atoms with Crippen molar-refractivity contribution in [2.24, 2.45) is 0 Å². The first-order chi connectivity index (χ1) is 10.1. The van der Waals surface area contributed by atoms with Crippen molar-refractivity contribution in [1.82, 2.24) is 4.90 Å². The lowest BCUT2D eigenvalue weighted by atomic mass is 10.3. The van der Waals surface area contributed by atoms with Crippen molar-refractivity contribution in [3.05, 3.63) is 24.3 Å². The van der Waals surface area contributed by atoms with Crippen LogP contribution in [0, 0.1) is 0 Å². The van der Waals surface area contributed by atoms with Crippen LogP contribution in [0.4, 0.5) is 0 Å². The quantitative estimate of drug-likeness (QED) is 0.789. The van der Waals surface area contributed by atoms with E-state index in [1.807, 2.05) is 24.3 Å². The third-order valence-corrected chi connectivity index (χ3v) is 4.93. The van der Waals surface area contributed by atoms with Gasteiger partial charge in [-0.1, -0.05) is 12.1 Å². The Kier molecular flexibility index (Phi) is 5.93. The second-order valence-electron chi connectivity index (χ2n) is 4.59. The topological polar surface area (TPSA) is 55.8 Å². The molecule has 0 aliphatic carbocycles. The van der Waals surface area contributed by atoms with Crippen LogP contribution in [0.25, 0.3) is 0 Å². The van der Waals surface area contributed by atoms with Gasteiger partial charge < -0.3 is 14.4 Å². The molecule has 1 amide bonds. The molecule has 1 unspecified atom stereocenters. The minimum absolute atomic E-state index is 0.0361. The van der Waals surface area contributed by atoms with Crippen LogP contribution in [-0.4, -0.2) is 58.4 Å². The van der Waals surface area contributed by atoms with E-state index in [4.69, 9.17) is 9.47 Å². The Balaban J connectivity index is 1.95. The molecule has 2 atom stereocenters. The largest absolute Gasteiger partial charge is 0.493 e. The van der Waals surface area contributed by atoms with E-state index in [1.165, 1.54) is 0 Å². The van der Waals surface area contributed by atoms with Crippen LogP contribution in [0.5, 0.6) is 11.5 Å². The van der Waals surface area contributed by atoms with E-state index in [2.05, 4.69) is 0 Å². The smallest absolute Gasteiger partial charge is 0.236 e. The van der Waals surface area contributed by atoms with Gasteiger partial charge in [-0.3, -0.25) is 9.00 Å². The van der Waals surface area contributed by atoms with E-state index in [0.29, 0.717) is 24.7 Å². The molecule has 0 saturated carbocycles. The monoisotopic (exact) mass is 329 g/mol. The predicted octanol–water partition coefficient (Wildman–Crippen LogP) is 1.35. The zero-order valence-corrected chi connectivity index (χ0v) is 13.7. The van der Waals surface area contributed by atoms with Gasteiger partial charge in [-0.2, -0.15) is 0 Å². The minimum atomic E-state index is -1.11. The zero-order chi connectivity index (χ0) is 15.2. The molecule has 5 nitrogen and oxygen atoms in total. The van der Waals surface area contributed by atoms with Gasteiger partial charge in [-0.25, -0.2) is 0 Å². The number of amides is 1. The summed E-state index contributed by atoms with van der Waals surface area (Å²) in [7, 11) is 0.483. The average Bonchev–Trinajstić information content (AvgIpc) is 2.93. The predicted molar refractivity (Wildman–Crippen MR) is 85.4 cm³/mol. The van der Waals surface area contributed by atoms with Gasteiger partial charge in [-0.05, 0) is 12.1 Å². The molecule has 2 rings (SSSR count). The maximum absolute atomic E-state index is 12.0. The summed E-state index contributed by atoms with van der Waals surface area (Å²) in [6.45, 7) is 1.08. The Bertz CT molecular complexity index is 523. The fourth-order valence-corrected chi connectivity index (χ4v) is 3.76. The van der Waals surface area contributed by atoms with Crippen molar-refractivity contribution >= 4 is 28.5 Å². The molecule has 1 aromatic carbocycles. The number of methoxy groups -OCH3 is 1. The van der Waals surface area contributed by atoms with Gasteiger partial charge in [0.25, 0.3) is 0 Å².